The molecule has 3 heteroatoms. The van der Waals surface area contributed by atoms with Crippen molar-refractivity contribution in [3.05, 3.63) is 24.5 Å². The van der Waals surface area contributed by atoms with Crippen LogP contribution in [0.4, 0.5) is 0 Å². The maximum absolute atomic E-state index is 11.7. The van der Waals surface area contributed by atoms with Crippen LogP contribution in [0.25, 0.3) is 0 Å². The minimum absolute atomic E-state index is 0.226. The van der Waals surface area contributed by atoms with Gasteiger partial charge in [-0.05, 0) is 31.4 Å². The van der Waals surface area contributed by atoms with Gasteiger partial charge in [-0.25, -0.2) is 0 Å². The molecule has 17 heavy (non-hydrogen) atoms. The maximum Gasteiger partial charge on any atom is 0.220 e. The molecule has 1 aliphatic rings. The van der Waals surface area contributed by atoms with Crippen molar-refractivity contribution in [2.45, 2.75) is 57.5 Å². The Hall–Kier alpha value is -1.25. The molecule has 1 fully saturated rings. The summed E-state index contributed by atoms with van der Waals surface area (Å²) in [5.74, 6) is 0.226. The lowest BCUT2D eigenvalue weighted by molar-refractivity contribution is -0.122. The average molecular weight is 234 g/mol. The Bertz CT molecular complexity index is 326. The SMILES string of the molecule is O=C(CCCn1cccc1)NC1CCCCC1. The fourth-order valence-corrected chi connectivity index (χ4v) is 2.49. The Kier molecular flexibility index (Phi) is 4.65. The van der Waals surface area contributed by atoms with Crippen molar-refractivity contribution in [2.24, 2.45) is 0 Å². The van der Waals surface area contributed by atoms with Crippen LogP contribution >= 0.6 is 0 Å². The van der Waals surface area contributed by atoms with Crippen LogP contribution in [0.3, 0.4) is 0 Å². The minimum atomic E-state index is 0.226. The largest absolute Gasteiger partial charge is 0.354 e. The average Bonchev–Trinajstić information content (AvgIpc) is 2.83. The van der Waals surface area contributed by atoms with Crippen LogP contribution in [0.2, 0.25) is 0 Å². The molecule has 1 aromatic heterocycles. The van der Waals surface area contributed by atoms with E-state index in [1.165, 1.54) is 32.1 Å². The van der Waals surface area contributed by atoms with Crippen LogP contribution in [0.1, 0.15) is 44.9 Å². The van der Waals surface area contributed by atoms with Gasteiger partial charge in [-0.2, -0.15) is 0 Å². The lowest BCUT2D eigenvalue weighted by atomic mass is 9.95. The second-order valence-electron chi connectivity index (χ2n) is 4.93. The van der Waals surface area contributed by atoms with Crippen LogP contribution in [0.5, 0.6) is 0 Å². The van der Waals surface area contributed by atoms with E-state index in [1.54, 1.807) is 0 Å². The Morgan fingerprint density at radius 2 is 1.88 bits per heavy atom. The number of carbonyl (C=O) groups excluding carboxylic acids is 1. The third-order valence-electron chi connectivity index (χ3n) is 3.46. The number of hydrogen-bond donors (Lipinski definition) is 1. The molecule has 94 valence electrons. The molecule has 2 rings (SSSR count). The van der Waals surface area contributed by atoms with Crippen LogP contribution < -0.4 is 5.32 Å². The third-order valence-corrected chi connectivity index (χ3v) is 3.46. The van der Waals surface area contributed by atoms with Gasteiger partial charge in [-0.15, -0.1) is 0 Å². The summed E-state index contributed by atoms with van der Waals surface area (Å²) in [6, 6.07) is 4.48. The molecule has 1 N–H and O–H groups in total. The van der Waals surface area contributed by atoms with Gasteiger partial charge in [0.2, 0.25) is 5.91 Å². The number of rotatable bonds is 5. The van der Waals surface area contributed by atoms with Crippen LogP contribution in [-0.2, 0) is 11.3 Å². The summed E-state index contributed by atoms with van der Waals surface area (Å²) in [5.41, 5.74) is 0. The maximum atomic E-state index is 11.7. The second kappa shape index (κ2) is 6.48. The molecule has 1 amide bonds. The zero-order valence-corrected chi connectivity index (χ0v) is 10.4. The molecule has 3 nitrogen and oxygen atoms in total. The molecule has 0 aliphatic heterocycles. The summed E-state index contributed by atoms with van der Waals surface area (Å²) in [6.07, 6.45) is 11.9. The van der Waals surface area contributed by atoms with Gasteiger partial charge < -0.3 is 9.88 Å². The van der Waals surface area contributed by atoms with E-state index in [0.29, 0.717) is 12.5 Å². The number of nitrogens with zero attached hydrogens (tertiary/aromatic N) is 1. The molecule has 0 aromatic carbocycles. The van der Waals surface area contributed by atoms with E-state index in [-0.39, 0.29) is 5.91 Å². The van der Waals surface area contributed by atoms with Gasteiger partial charge >= 0.3 is 0 Å². The van der Waals surface area contributed by atoms with Crippen LogP contribution in [0, 0.1) is 0 Å². The first-order chi connectivity index (χ1) is 8.34. The Morgan fingerprint density at radius 1 is 1.18 bits per heavy atom. The Balaban J connectivity index is 1.60. The highest BCUT2D eigenvalue weighted by Gasteiger charge is 2.14. The molecule has 0 saturated heterocycles. The van der Waals surface area contributed by atoms with Gasteiger partial charge in [-0.1, -0.05) is 19.3 Å². The lowest BCUT2D eigenvalue weighted by Gasteiger charge is -2.22. The minimum Gasteiger partial charge on any atom is -0.354 e. The third kappa shape index (κ3) is 4.25. The zero-order valence-electron chi connectivity index (χ0n) is 10.4. The standard InChI is InChI=1S/C14H22N2O/c17-14(15-13-7-2-1-3-8-13)9-6-12-16-10-4-5-11-16/h4-5,10-11,13H,1-3,6-9,12H2,(H,15,17). The van der Waals surface area contributed by atoms with Crippen LogP contribution in [-0.4, -0.2) is 16.5 Å². The lowest BCUT2D eigenvalue weighted by Crippen LogP contribution is -2.36. The van der Waals surface area contributed by atoms with Crippen molar-refractivity contribution < 1.29 is 4.79 Å². The summed E-state index contributed by atoms with van der Waals surface area (Å²) < 4.78 is 2.12. The quantitative estimate of drug-likeness (QED) is 0.835. The first kappa shape index (κ1) is 12.2. The second-order valence-corrected chi connectivity index (χ2v) is 4.93. The van der Waals surface area contributed by atoms with Crippen molar-refractivity contribution >= 4 is 5.91 Å². The topological polar surface area (TPSA) is 34.0 Å². The van der Waals surface area contributed by atoms with E-state index in [0.717, 1.165) is 13.0 Å². The summed E-state index contributed by atoms with van der Waals surface area (Å²) >= 11 is 0. The number of amides is 1. The van der Waals surface area contributed by atoms with E-state index in [1.807, 2.05) is 24.5 Å². The summed E-state index contributed by atoms with van der Waals surface area (Å²) in [7, 11) is 0. The number of aryl methyl sites for hydroxylation is 1. The first-order valence-corrected chi connectivity index (χ1v) is 6.75. The molecule has 0 radical (unpaired) electrons. The highest BCUT2D eigenvalue weighted by Crippen LogP contribution is 2.17. The van der Waals surface area contributed by atoms with Crippen molar-refractivity contribution in [1.29, 1.82) is 0 Å². The van der Waals surface area contributed by atoms with E-state index in [2.05, 4.69) is 9.88 Å². The van der Waals surface area contributed by atoms with Crippen molar-refractivity contribution in [1.82, 2.24) is 9.88 Å². The van der Waals surface area contributed by atoms with Crippen molar-refractivity contribution in [2.75, 3.05) is 0 Å². The number of aromatic nitrogens is 1. The summed E-state index contributed by atoms with van der Waals surface area (Å²) in [5, 5.41) is 3.15. The fraction of sp³-hybridized carbons (Fsp3) is 0.643. The van der Waals surface area contributed by atoms with E-state index in [4.69, 9.17) is 0 Å². The number of hydrogen-bond acceptors (Lipinski definition) is 1. The molecule has 1 aromatic rings. The van der Waals surface area contributed by atoms with Crippen molar-refractivity contribution in [3.63, 3.8) is 0 Å². The number of nitrogens with one attached hydrogen (secondary N) is 1. The molecule has 1 heterocycles. The van der Waals surface area contributed by atoms with Crippen LogP contribution in [0.15, 0.2) is 24.5 Å². The highest BCUT2D eigenvalue weighted by atomic mass is 16.1. The van der Waals surface area contributed by atoms with E-state index >= 15 is 0 Å². The Labute approximate surface area is 103 Å². The van der Waals surface area contributed by atoms with Gasteiger partial charge in [0.1, 0.15) is 0 Å². The van der Waals surface area contributed by atoms with Crippen molar-refractivity contribution in [3.8, 4) is 0 Å². The Morgan fingerprint density at radius 3 is 2.59 bits per heavy atom. The molecule has 0 unspecified atom stereocenters. The number of carbonyl (C=O) groups is 1. The van der Waals surface area contributed by atoms with Gasteiger partial charge in [0.15, 0.2) is 0 Å². The smallest absolute Gasteiger partial charge is 0.220 e. The molecule has 0 bridgehead atoms. The fourth-order valence-electron chi connectivity index (χ4n) is 2.49. The zero-order chi connectivity index (χ0) is 11.9. The van der Waals surface area contributed by atoms with Gasteiger partial charge in [0.25, 0.3) is 0 Å². The molecule has 0 spiro atoms. The predicted octanol–water partition coefficient (Wildman–Crippen LogP) is 2.72. The first-order valence-electron chi connectivity index (χ1n) is 6.75. The summed E-state index contributed by atoms with van der Waals surface area (Å²) in [6.45, 7) is 0.936. The molecule has 0 atom stereocenters. The van der Waals surface area contributed by atoms with Gasteiger partial charge in [0, 0.05) is 31.4 Å². The molecule has 1 saturated carbocycles. The molecular formula is C14H22N2O. The van der Waals surface area contributed by atoms with Gasteiger partial charge in [-0.3, -0.25) is 4.79 Å². The predicted molar refractivity (Wildman–Crippen MR) is 68.7 cm³/mol. The normalized spacial score (nSPS) is 16.9. The summed E-state index contributed by atoms with van der Waals surface area (Å²) in [4.78, 5) is 11.7. The highest BCUT2D eigenvalue weighted by molar-refractivity contribution is 5.76. The van der Waals surface area contributed by atoms with E-state index in [9.17, 15) is 4.79 Å². The molecule has 1 aliphatic carbocycles. The monoisotopic (exact) mass is 234 g/mol. The molecular weight excluding hydrogens is 212 g/mol. The van der Waals surface area contributed by atoms with E-state index < -0.39 is 0 Å². The van der Waals surface area contributed by atoms with Gasteiger partial charge in [0.05, 0.1) is 0 Å².